The van der Waals surface area contributed by atoms with E-state index in [2.05, 4.69) is 15.9 Å². The standard InChI is InChI=1S/C13H24BrN3O3S/c1-10(2)9-17(6-5-16(3)4)21(18,19)12-7-11(8-15)20-13(12)14/h7,10H,5-6,8-9,15H2,1-4H3. The molecule has 0 amide bonds. The molecule has 2 N–H and O–H groups in total. The molecule has 0 aromatic carbocycles. The molecule has 0 aliphatic carbocycles. The van der Waals surface area contributed by atoms with Gasteiger partial charge in [-0.15, -0.1) is 0 Å². The Hall–Kier alpha value is -0.410. The number of hydrogen-bond donors (Lipinski definition) is 1. The Morgan fingerprint density at radius 1 is 1.33 bits per heavy atom. The van der Waals surface area contributed by atoms with Crippen LogP contribution in [0.15, 0.2) is 20.0 Å². The van der Waals surface area contributed by atoms with Gasteiger partial charge in [-0.3, -0.25) is 0 Å². The van der Waals surface area contributed by atoms with E-state index in [1.807, 2.05) is 32.8 Å². The highest BCUT2D eigenvalue weighted by Crippen LogP contribution is 2.29. The summed E-state index contributed by atoms with van der Waals surface area (Å²) in [7, 11) is 0.233. The molecule has 1 aromatic heterocycles. The van der Waals surface area contributed by atoms with Crippen LogP contribution in [0.1, 0.15) is 19.6 Å². The smallest absolute Gasteiger partial charge is 0.247 e. The van der Waals surface area contributed by atoms with Crippen LogP contribution in [0.3, 0.4) is 0 Å². The number of hydrogen-bond acceptors (Lipinski definition) is 5. The maximum Gasteiger partial charge on any atom is 0.247 e. The van der Waals surface area contributed by atoms with Gasteiger partial charge in [0.05, 0.1) is 6.54 Å². The Morgan fingerprint density at radius 2 is 1.95 bits per heavy atom. The molecule has 0 radical (unpaired) electrons. The lowest BCUT2D eigenvalue weighted by molar-refractivity contribution is 0.312. The maximum absolute atomic E-state index is 12.8. The fraction of sp³-hybridized carbons (Fsp3) is 0.692. The third-order valence-corrected chi connectivity index (χ3v) is 5.61. The molecule has 0 saturated heterocycles. The summed E-state index contributed by atoms with van der Waals surface area (Å²) in [5, 5.41) is 0. The van der Waals surface area contributed by atoms with Gasteiger partial charge in [0, 0.05) is 25.7 Å². The second-order valence-electron chi connectivity index (χ2n) is 5.61. The van der Waals surface area contributed by atoms with Gasteiger partial charge in [0.2, 0.25) is 10.0 Å². The van der Waals surface area contributed by atoms with Crippen molar-refractivity contribution >= 4 is 26.0 Å². The van der Waals surface area contributed by atoms with E-state index >= 15 is 0 Å². The van der Waals surface area contributed by atoms with Crippen LogP contribution in [0.5, 0.6) is 0 Å². The molecule has 1 aromatic rings. The number of furan rings is 1. The average Bonchev–Trinajstić information content (AvgIpc) is 2.75. The van der Waals surface area contributed by atoms with Gasteiger partial charge in [-0.25, -0.2) is 8.42 Å². The van der Waals surface area contributed by atoms with E-state index < -0.39 is 10.0 Å². The number of sulfonamides is 1. The minimum absolute atomic E-state index is 0.141. The Labute approximate surface area is 135 Å². The largest absolute Gasteiger partial charge is 0.452 e. The first-order chi connectivity index (χ1) is 9.68. The fourth-order valence-corrected chi connectivity index (χ4v) is 4.40. The molecular weight excluding hydrogens is 358 g/mol. The number of rotatable bonds is 8. The molecule has 6 nitrogen and oxygen atoms in total. The third kappa shape index (κ3) is 5.07. The molecule has 0 aliphatic heterocycles. The van der Waals surface area contributed by atoms with Crippen molar-refractivity contribution in [3.8, 4) is 0 Å². The molecule has 21 heavy (non-hydrogen) atoms. The van der Waals surface area contributed by atoms with E-state index in [-0.39, 0.29) is 22.0 Å². The average molecular weight is 382 g/mol. The highest BCUT2D eigenvalue weighted by molar-refractivity contribution is 9.10. The van der Waals surface area contributed by atoms with Gasteiger partial charge in [-0.1, -0.05) is 13.8 Å². The van der Waals surface area contributed by atoms with Crippen molar-refractivity contribution in [1.29, 1.82) is 0 Å². The van der Waals surface area contributed by atoms with Crippen LogP contribution in [0.25, 0.3) is 0 Å². The molecule has 0 fully saturated rings. The van der Waals surface area contributed by atoms with Crippen LogP contribution in [-0.4, -0.2) is 51.4 Å². The Bertz CT molecular complexity index is 555. The van der Waals surface area contributed by atoms with Crippen LogP contribution in [-0.2, 0) is 16.6 Å². The summed E-state index contributed by atoms with van der Waals surface area (Å²) < 4.78 is 32.6. The van der Waals surface area contributed by atoms with Gasteiger partial charge in [0.25, 0.3) is 0 Å². The van der Waals surface area contributed by atoms with E-state index in [1.54, 1.807) is 0 Å². The van der Waals surface area contributed by atoms with Gasteiger partial charge < -0.3 is 15.1 Å². The van der Waals surface area contributed by atoms with E-state index in [0.29, 0.717) is 25.4 Å². The van der Waals surface area contributed by atoms with Crippen LogP contribution in [0.4, 0.5) is 0 Å². The van der Waals surface area contributed by atoms with Gasteiger partial charge in [0.1, 0.15) is 10.7 Å². The molecule has 122 valence electrons. The summed E-state index contributed by atoms with van der Waals surface area (Å²) in [5.41, 5.74) is 5.50. The summed E-state index contributed by atoms with van der Waals surface area (Å²) in [6.45, 7) is 5.71. The monoisotopic (exact) mass is 381 g/mol. The van der Waals surface area contributed by atoms with Crippen LogP contribution >= 0.6 is 15.9 Å². The van der Waals surface area contributed by atoms with Crippen molar-refractivity contribution in [2.24, 2.45) is 11.7 Å². The second-order valence-corrected chi connectivity index (χ2v) is 8.24. The maximum atomic E-state index is 12.8. The van der Waals surface area contributed by atoms with Crippen LogP contribution in [0, 0.1) is 5.92 Å². The Balaban J connectivity index is 3.09. The van der Waals surface area contributed by atoms with E-state index in [0.717, 1.165) is 0 Å². The number of halogens is 1. The van der Waals surface area contributed by atoms with Crippen LogP contribution in [0.2, 0.25) is 0 Å². The predicted octanol–water partition coefficient (Wildman–Crippen LogP) is 1.71. The van der Waals surface area contributed by atoms with Crippen molar-refractivity contribution in [2.45, 2.75) is 25.3 Å². The molecule has 0 unspecified atom stereocenters. The molecular formula is C13H24BrN3O3S. The van der Waals surface area contributed by atoms with Crippen LogP contribution < -0.4 is 5.73 Å². The lowest BCUT2D eigenvalue weighted by Crippen LogP contribution is -2.38. The first-order valence-corrected chi connectivity index (χ1v) is 9.05. The van der Waals surface area contributed by atoms with Crippen molar-refractivity contribution in [3.05, 3.63) is 16.5 Å². The zero-order valence-corrected chi connectivity index (χ0v) is 15.4. The first kappa shape index (κ1) is 18.6. The number of nitrogens with zero attached hydrogens (tertiary/aromatic N) is 2. The molecule has 8 heteroatoms. The SMILES string of the molecule is CC(C)CN(CCN(C)C)S(=O)(=O)c1cc(CN)oc1Br. The van der Waals surface area contributed by atoms with Crippen molar-refractivity contribution < 1.29 is 12.8 Å². The summed E-state index contributed by atoms with van der Waals surface area (Å²) in [5.74, 6) is 0.680. The highest BCUT2D eigenvalue weighted by Gasteiger charge is 2.29. The zero-order chi connectivity index (χ0) is 16.2. The lowest BCUT2D eigenvalue weighted by atomic mass is 10.2. The van der Waals surface area contributed by atoms with Gasteiger partial charge in [0.15, 0.2) is 4.67 Å². The Kier molecular flexibility index (Phi) is 6.86. The summed E-state index contributed by atoms with van der Waals surface area (Å²) in [4.78, 5) is 2.10. The molecule has 1 rings (SSSR count). The quantitative estimate of drug-likeness (QED) is 0.741. The Morgan fingerprint density at radius 3 is 2.38 bits per heavy atom. The summed E-state index contributed by atoms with van der Waals surface area (Å²) in [6.07, 6.45) is 0. The molecule has 1 heterocycles. The van der Waals surface area contributed by atoms with Gasteiger partial charge >= 0.3 is 0 Å². The minimum atomic E-state index is -3.60. The van der Waals surface area contributed by atoms with Crippen molar-refractivity contribution in [3.63, 3.8) is 0 Å². The lowest BCUT2D eigenvalue weighted by Gasteiger charge is -2.24. The number of nitrogens with two attached hydrogens (primary N) is 1. The van der Waals surface area contributed by atoms with E-state index in [9.17, 15) is 8.42 Å². The highest BCUT2D eigenvalue weighted by atomic mass is 79.9. The predicted molar refractivity (Wildman–Crippen MR) is 86.5 cm³/mol. The minimum Gasteiger partial charge on any atom is -0.452 e. The molecule has 0 spiro atoms. The second kappa shape index (κ2) is 7.73. The molecule has 0 aliphatic rings. The molecule has 0 bridgehead atoms. The number of likely N-dealkylation sites (N-methyl/N-ethyl adjacent to an activating group) is 1. The third-order valence-electron chi connectivity index (χ3n) is 2.89. The topological polar surface area (TPSA) is 79.8 Å². The first-order valence-electron chi connectivity index (χ1n) is 6.81. The van der Waals surface area contributed by atoms with Gasteiger partial charge in [-0.2, -0.15) is 4.31 Å². The van der Waals surface area contributed by atoms with Crippen molar-refractivity contribution in [1.82, 2.24) is 9.21 Å². The fourth-order valence-electron chi connectivity index (χ4n) is 1.84. The van der Waals surface area contributed by atoms with Gasteiger partial charge in [-0.05, 0) is 35.9 Å². The van der Waals surface area contributed by atoms with E-state index in [4.69, 9.17) is 10.2 Å². The normalized spacial score (nSPS) is 12.8. The molecule has 0 saturated carbocycles. The summed E-state index contributed by atoms with van der Waals surface area (Å²) in [6, 6.07) is 1.49. The van der Waals surface area contributed by atoms with E-state index in [1.165, 1.54) is 10.4 Å². The zero-order valence-electron chi connectivity index (χ0n) is 13.0. The summed E-state index contributed by atoms with van der Waals surface area (Å²) >= 11 is 3.17. The van der Waals surface area contributed by atoms with Crippen molar-refractivity contribution in [2.75, 3.05) is 33.7 Å². The molecule has 0 atom stereocenters.